The SMILES string of the molecule is Cc1cc(OS(=O)(=O)C(F)(F)F)cc2c1CN(C=O)C(CC(C)(C)O)C2. The molecule has 10 heteroatoms. The molecule has 1 aromatic carbocycles. The summed E-state index contributed by atoms with van der Waals surface area (Å²) in [6.45, 7) is 5.00. The maximum atomic E-state index is 12.5. The van der Waals surface area contributed by atoms with E-state index in [0.717, 1.165) is 5.56 Å². The van der Waals surface area contributed by atoms with E-state index >= 15 is 0 Å². The van der Waals surface area contributed by atoms with Crippen LogP contribution < -0.4 is 4.18 Å². The van der Waals surface area contributed by atoms with E-state index in [1.807, 2.05) is 0 Å². The highest BCUT2D eigenvalue weighted by atomic mass is 32.2. The van der Waals surface area contributed by atoms with Crippen LogP contribution in [0.2, 0.25) is 0 Å². The standard InChI is InChI=1S/C16H20F3NO5S/c1-10-4-13(25-26(23,24)16(17,18)19)6-11-5-12(7-15(2,3)22)20(9-21)8-14(10)11/h4,6,9,12,22H,5,7-8H2,1-3H3. The molecule has 2 rings (SSSR count). The highest BCUT2D eigenvalue weighted by Gasteiger charge is 2.48. The summed E-state index contributed by atoms with van der Waals surface area (Å²) in [6.07, 6.45) is 1.19. The number of carbonyl (C=O) groups excluding carboxylic acids is 1. The van der Waals surface area contributed by atoms with Gasteiger partial charge in [-0.25, -0.2) is 0 Å². The number of carbonyl (C=O) groups is 1. The molecule has 0 bridgehead atoms. The molecule has 1 atom stereocenters. The first-order chi connectivity index (χ1) is 11.7. The Hall–Kier alpha value is -1.81. The summed E-state index contributed by atoms with van der Waals surface area (Å²) in [4.78, 5) is 12.9. The predicted molar refractivity (Wildman–Crippen MR) is 86.8 cm³/mol. The van der Waals surface area contributed by atoms with E-state index in [1.54, 1.807) is 20.8 Å². The lowest BCUT2D eigenvalue weighted by molar-refractivity contribution is -0.122. The second-order valence-corrected chi connectivity index (χ2v) is 8.55. The quantitative estimate of drug-likeness (QED) is 0.470. The van der Waals surface area contributed by atoms with Crippen molar-refractivity contribution in [3.8, 4) is 5.75 Å². The number of rotatable bonds is 5. The molecule has 0 fully saturated rings. The average molecular weight is 395 g/mol. The fourth-order valence-corrected chi connectivity index (χ4v) is 3.50. The van der Waals surface area contributed by atoms with Crippen LogP contribution in [0.5, 0.6) is 5.75 Å². The number of nitrogens with zero attached hydrogens (tertiary/aromatic N) is 1. The molecule has 146 valence electrons. The molecule has 26 heavy (non-hydrogen) atoms. The van der Waals surface area contributed by atoms with Crippen molar-refractivity contribution in [1.29, 1.82) is 0 Å². The van der Waals surface area contributed by atoms with Gasteiger partial charge in [-0.2, -0.15) is 21.6 Å². The molecule has 6 nitrogen and oxygen atoms in total. The van der Waals surface area contributed by atoms with Gasteiger partial charge in [-0.05, 0) is 62.4 Å². The molecule has 1 aliphatic heterocycles. The molecule has 1 aliphatic rings. The third-order valence-electron chi connectivity index (χ3n) is 4.16. The van der Waals surface area contributed by atoms with Gasteiger partial charge in [-0.3, -0.25) is 4.79 Å². The van der Waals surface area contributed by atoms with Crippen LogP contribution in [0.25, 0.3) is 0 Å². The van der Waals surface area contributed by atoms with Crippen LogP contribution >= 0.6 is 0 Å². The number of alkyl halides is 3. The maximum Gasteiger partial charge on any atom is 0.534 e. The van der Waals surface area contributed by atoms with Crippen LogP contribution in [-0.4, -0.2) is 42.0 Å². The molecule has 0 aromatic heterocycles. The van der Waals surface area contributed by atoms with Crippen molar-refractivity contribution >= 4 is 16.5 Å². The number of fused-ring (bicyclic) bond motifs is 1. The van der Waals surface area contributed by atoms with Gasteiger partial charge in [0, 0.05) is 12.6 Å². The largest absolute Gasteiger partial charge is 0.534 e. The predicted octanol–water partition coefficient (Wildman–Crippen LogP) is 2.27. The molecule has 1 aromatic rings. The Balaban J connectivity index is 2.38. The van der Waals surface area contributed by atoms with Gasteiger partial charge in [0.05, 0.1) is 5.60 Å². The van der Waals surface area contributed by atoms with Crippen molar-refractivity contribution in [2.24, 2.45) is 0 Å². The summed E-state index contributed by atoms with van der Waals surface area (Å²) in [6, 6.07) is 2.07. The summed E-state index contributed by atoms with van der Waals surface area (Å²) in [5.74, 6) is -0.430. The average Bonchev–Trinajstić information content (AvgIpc) is 2.43. The van der Waals surface area contributed by atoms with Crippen LogP contribution in [0.3, 0.4) is 0 Å². The van der Waals surface area contributed by atoms with Crippen LogP contribution in [0.15, 0.2) is 12.1 Å². The minimum absolute atomic E-state index is 0.220. The summed E-state index contributed by atoms with van der Waals surface area (Å²) in [7, 11) is -5.76. The Kier molecular flexibility index (Phi) is 5.31. The first-order valence-corrected chi connectivity index (χ1v) is 9.21. The number of hydrogen-bond donors (Lipinski definition) is 1. The molecule has 1 unspecified atom stereocenters. The van der Waals surface area contributed by atoms with Crippen LogP contribution in [0, 0.1) is 6.92 Å². The molecule has 0 spiro atoms. The van der Waals surface area contributed by atoms with E-state index in [9.17, 15) is 31.5 Å². The Morgan fingerprint density at radius 1 is 1.35 bits per heavy atom. The Morgan fingerprint density at radius 3 is 2.46 bits per heavy atom. The van der Waals surface area contributed by atoms with Gasteiger partial charge < -0.3 is 14.2 Å². The molecule has 1 heterocycles. The Bertz CT molecular complexity index is 799. The second-order valence-electron chi connectivity index (χ2n) is 7.01. The Labute approximate surface area is 149 Å². The zero-order valence-corrected chi connectivity index (χ0v) is 15.3. The molecule has 0 saturated heterocycles. The van der Waals surface area contributed by atoms with E-state index in [-0.39, 0.29) is 25.4 Å². The molecular formula is C16H20F3NO5S. The third-order valence-corrected chi connectivity index (χ3v) is 5.14. The number of benzene rings is 1. The van der Waals surface area contributed by atoms with Crippen molar-refractivity contribution in [3.63, 3.8) is 0 Å². The molecule has 0 radical (unpaired) electrons. The normalized spacial score (nSPS) is 18.4. The zero-order chi connectivity index (χ0) is 19.9. The summed E-state index contributed by atoms with van der Waals surface area (Å²) in [5.41, 5.74) is -4.74. The maximum absolute atomic E-state index is 12.5. The van der Waals surface area contributed by atoms with E-state index in [4.69, 9.17) is 0 Å². The molecule has 1 N–H and O–H groups in total. The van der Waals surface area contributed by atoms with E-state index in [2.05, 4.69) is 4.18 Å². The first kappa shape index (κ1) is 20.5. The monoisotopic (exact) mass is 395 g/mol. The lowest BCUT2D eigenvalue weighted by atomic mass is 9.86. The molecule has 0 saturated carbocycles. The van der Waals surface area contributed by atoms with Crippen LogP contribution in [0.1, 0.15) is 37.0 Å². The highest BCUT2D eigenvalue weighted by Crippen LogP contribution is 2.34. The van der Waals surface area contributed by atoms with E-state index < -0.39 is 27.0 Å². The van der Waals surface area contributed by atoms with Crippen molar-refractivity contribution in [2.45, 2.75) is 57.3 Å². The molecule has 1 amide bonds. The number of halogens is 3. The Morgan fingerprint density at radius 2 is 1.96 bits per heavy atom. The van der Waals surface area contributed by atoms with E-state index in [1.165, 1.54) is 17.0 Å². The molecular weight excluding hydrogens is 375 g/mol. The second kappa shape index (κ2) is 6.73. The fraction of sp³-hybridized carbons (Fsp3) is 0.562. The van der Waals surface area contributed by atoms with Gasteiger partial charge in [0.25, 0.3) is 0 Å². The van der Waals surface area contributed by atoms with Gasteiger partial charge >= 0.3 is 15.6 Å². The van der Waals surface area contributed by atoms with Crippen LogP contribution in [0.4, 0.5) is 13.2 Å². The minimum Gasteiger partial charge on any atom is -0.390 e. The van der Waals surface area contributed by atoms with Crippen LogP contribution in [-0.2, 0) is 27.9 Å². The number of hydrogen-bond acceptors (Lipinski definition) is 5. The van der Waals surface area contributed by atoms with Gasteiger partial charge in [-0.1, -0.05) is 0 Å². The highest BCUT2D eigenvalue weighted by molar-refractivity contribution is 7.88. The van der Waals surface area contributed by atoms with Crippen molar-refractivity contribution in [3.05, 3.63) is 28.8 Å². The summed E-state index contributed by atoms with van der Waals surface area (Å²) >= 11 is 0. The van der Waals surface area contributed by atoms with Gasteiger partial charge in [0.1, 0.15) is 5.75 Å². The number of aliphatic hydroxyl groups is 1. The van der Waals surface area contributed by atoms with Crippen molar-refractivity contribution in [2.75, 3.05) is 0 Å². The van der Waals surface area contributed by atoms with Crippen molar-refractivity contribution in [1.82, 2.24) is 4.90 Å². The van der Waals surface area contributed by atoms with Gasteiger partial charge in [0.15, 0.2) is 0 Å². The zero-order valence-electron chi connectivity index (χ0n) is 14.5. The number of amides is 1. The summed E-state index contributed by atoms with van der Waals surface area (Å²) in [5, 5.41) is 10.0. The van der Waals surface area contributed by atoms with E-state index in [0.29, 0.717) is 17.5 Å². The fourth-order valence-electron chi connectivity index (χ4n) is 3.06. The van der Waals surface area contributed by atoms with Crippen molar-refractivity contribution < 1.29 is 35.7 Å². The lowest BCUT2D eigenvalue weighted by Crippen LogP contribution is -2.43. The van der Waals surface area contributed by atoms with Gasteiger partial charge in [0.2, 0.25) is 6.41 Å². The summed E-state index contributed by atoms with van der Waals surface area (Å²) < 4.78 is 64.2. The number of aryl methyl sites for hydroxylation is 1. The smallest absolute Gasteiger partial charge is 0.390 e. The topological polar surface area (TPSA) is 83.9 Å². The third kappa shape index (κ3) is 4.47. The minimum atomic E-state index is -5.76. The first-order valence-electron chi connectivity index (χ1n) is 7.80. The lowest BCUT2D eigenvalue weighted by Gasteiger charge is -2.38. The molecule has 0 aliphatic carbocycles. The van der Waals surface area contributed by atoms with Gasteiger partial charge in [-0.15, -0.1) is 0 Å².